The van der Waals surface area contributed by atoms with Gasteiger partial charge in [0.05, 0.1) is 28.4 Å². The van der Waals surface area contributed by atoms with Crippen molar-refractivity contribution in [2.45, 2.75) is 38.5 Å². The Balaban J connectivity index is 2.03. The second-order valence-electron chi connectivity index (χ2n) is 10.1. The van der Waals surface area contributed by atoms with Crippen LogP contribution in [0.15, 0.2) is 48.5 Å². The summed E-state index contributed by atoms with van der Waals surface area (Å²) in [6, 6.07) is 14.9. The van der Waals surface area contributed by atoms with Gasteiger partial charge in [0, 0.05) is 11.8 Å². The Bertz CT molecular complexity index is 1050. The number of benzene rings is 2. The number of Topliss-reactive ketones (excluding diaryl/α,β-unsaturated/α-hetero) is 1. The maximum absolute atomic E-state index is 14.7. The molecule has 2 aliphatic carbocycles. The second kappa shape index (κ2) is 9.60. The lowest BCUT2D eigenvalue weighted by molar-refractivity contribution is -0.189. The summed E-state index contributed by atoms with van der Waals surface area (Å²) in [6.07, 6.45) is 0.598. The van der Waals surface area contributed by atoms with Gasteiger partial charge in [0.1, 0.15) is 22.3 Å². The standard InChI is InChI=1S/C29H34O7/c1-17-15-28(26(31)35-5)23(19-7-11-21(33-3)12-8-19)18(2)24(20-9-13-22(34-4)14-10-20)29(16-17,25(28)30)27(32)36-6/h7-14,17-18,23-24H,15-16H2,1-6H3. The molecule has 0 amide bonds. The second-order valence-corrected chi connectivity index (χ2v) is 10.1. The fourth-order valence-electron chi connectivity index (χ4n) is 7.15. The van der Waals surface area contributed by atoms with Crippen molar-refractivity contribution in [3.05, 3.63) is 59.7 Å². The van der Waals surface area contributed by atoms with E-state index in [0.717, 1.165) is 11.1 Å². The number of ketones is 1. The van der Waals surface area contributed by atoms with Crippen LogP contribution in [0.5, 0.6) is 11.5 Å². The Kier molecular flexibility index (Phi) is 6.86. The van der Waals surface area contributed by atoms with Gasteiger partial charge in [0.25, 0.3) is 0 Å². The Morgan fingerprint density at radius 2 is 1.06 bits per heavy atom. The first kappa shape index (κ1) is 25.7. The lowest BCUT2D eigenvalue weighted by atomic mass is 9.40. The molecule has 2 fully saturated rings. The number of ether oxygens (including phenoxy) is 4. The van der Waals surface area contributed by atoms with Gasteiger partial charge in [-0.2, -0.15) is 0 Å². The number of carbonyl (C=O) groups is 3. The van der Waals surface area contributed by atoms with Gasteiger partial charge in [0.2, 0.25) is 0 Å². The summed E-state index contributed by atoms with van der Waals surface area (Å²) in [5.74, 6) is -1.69. The minimum Gasteiger partial charge on any atom is -0.497 e. The predicted octanol–water partition coefficient (Wildman–Crippen LogP) is 4.54. The highest BCUT2D eigenvalue weighted by Gasteiger charge is 2.74. The number of hydrogen-bond acceptors (Lipinski definition) is 7. The summed E-state index contributed by atoms with van der Waals surface area (Å²) in [6.45, 7) is 4.00. The van der Waals surface area contributed by atoms with E-state index in [1.54, 1.807) is 14.2 Å². The SMILES string of the molecule is COC(=O)C12CC(C)CC(C(=O)OC)(C1=O)C(c1ccc(OC)cc1)C(C)C2c1ccc(OC)cc1. The van der Waals surface area contributed by atoms with Crippen molar-refractivity contribution in [2.24, 2.45) is 22.7 Å². The summed E-state index contributed by atoms with van der Waals surface area (Å²) in [5, 5.41) is 0. The average molecular weight is 495 g/mol. The zero-order chi connectivity index (χ0) is 26.3. The number of carbonyl (C=O) groups excluding carboxylic acids is 3. The van der Waals surface area contributed by atoms with Crippen LogP contribution in [-0.2, 0) is 23.9 Å². The van der Waals surface area contributed by atoms with Crippen LogP contribution in [-0.4, -0.2) is 46.2 Å². The van der Waals surface area contributed by atoms with Crippen LogP contribution in [0.1, 0.15) is 49.7 Å². The quantitative estimate of drug-likeness (QED) is 0.430. The maximum Gasteiger partial charge on any atom is 0.320 e. The van der Waals surface area contributed by atoms with Gasteiger partial charge in [-0.1, -0.05) is 38.1 Å². The lowest BCUT2D eigenvalue weighted by Gasteiger charge is -2.59. The average Bonchev–Trinajstić information content (AvgIpc) is 2.90. The first-order chi connectivity index (χ1) is 17.2. The van der Waals surface area contributed by atoms with Gasteiger partial charge in [0.15, 0.2) is 5.78 Å². The molecular formula is C29H34O7. The van der Waals surface area contributed by atoms with Gasteiger partial charge in [-0.3, -0.25) is 14.4 Å². The molecule has 4 rings (SSSR count). The van der Waals surface area contributed by atoms with Crippen molar-refractivity contribution in [1.82, 2.24) is 0 Å². The van der Waals surface area contributed by atoms with Crippen LogP contribution in [0.3, 0.4) is 0 Å². The summed E-state index contributed by atoms with van der Waals surface area (Å²) in [4.78, 5) is 42.0. The van der Waals surface area contributed by atoms with Crippen LogP contribution in [0.25, 0.3) is 0 Å². The smallest absolute Gasteiger partial charge is 0.320 e. The van der Waals surface area contributed by atoms with Crippen LogP contribution >= 0.6 is 0 Å². The lowest BCUT2D eigenvalue weighted by Crippen LogP contribution is -2.67. The predicted molar refractivity (Wildman–Crippen MR) is 133 cm³/mol. The van der Waals surface area contributed by atoms with Crippen molar-refractivity contribution in [1.29, 1.82) is 0 Å². The van der Waals surface area contributed by atoms with Crippen molar-refractivity contribution >= 4 is 17.7 Å². The van der Waals surface area contributed by atoms with E-state index in [1.165, 1.54) is 14.2 Å². The number of rotatable bonds is 6. The van der Waals surface area contributed by atoms with Gasteiger partial charge < -0.3 is 18.9 Å². The number of fused-ring (bicyclic) bond motifs is 2. The van der Waals surface area contributed by atoms with Crippen molar-refractivity contribution in [3.63, 3.8) is 0 Å². The molecule has 0 saturated heterocycles. The van der Waals surface area contributed by atoms with E-state index in [-0.39, 0.29) is 11.8 Å². The fraction of sp³-hybridized carbons (Fsp3) is 0.483. The van der Waals surface area contributed by atoms with Crippen LogP contribution in [0, 0.1) is 22.7 Å². The van der Waals surface area contributed by atoms with E-state index in [0.29, 0.717) is 24.3 Å². The first-order valence-electron chi connectivity index (χ1n) is 12.2. The van der Waals surface area contributed by atoms with Gasteiger partial charge in [-0.05, 0) is 60.1 Å². The molecule has 192 valence electrons. The maximum atomic E-state index is 14.7. The monoisotopic (exact) mass is 494 g/mol. The molecule has 36 heavy (non-hydrogen) atoms. The van der Waals surface area contributed by atoms with Gasteiger partial charge in [-0.15, -0.1) is 0 Å². The first-order valence-corrected chi connectivity index (χ1v) is 12.2. The van der Waals surface area contributed by atoms with Gasteiger partial charge >= 0.3 is 11.9 Å². The molecule has 2 aromatic rings. The molecule has 7 heteroatoms. The van der Waals surface area contributed by atoms with E-state index in [1.807, 2.05) is 62.4 Å². The van der Waals surface area contributed by atoms with Crippen molar-refractivity contribution in [3.8, 4) is 11.5 Å². The van der Waals surface area contributed by atoms with Crippen LogP contribution in [0.2, 0.25) is 0 Å². The highest BCUT2D eigenvalue weighted by atomic mass is 16.5. The van der Waals surface area contributed by atoms with Crippen LogP contribution < -0.4 is 9.47 Å². The fourth-order valence-corrected chi connectivity index (χ4v) is 7.15. The van der Waals surface area contributed by atoms with Crippen molar-refractivity contribution < 1.29 is 33.3 Å². The number of methoxy groups -OCH3 is 4. The summed E-state index contributed by atoms with van der Waals surface area (Å²) >= 11 is 0. The summed E-state index contributed by atoms with van der Waals surface area (Å²) < 4.78 is 21.3. The minimum absolute atomic E-state index is 0.102. The van der Waals surface area contributed by atoms with Crippen molar-refractivity contribution in [2.75, 3.05) is 28.4 Å². The molecule has 2 saturated carbocycles. The van der Waals surface area contributed by atoms with Gasteiger partial charge in [-0.25, -0.2) is 0 Å². The molecule has 2 aliphatic rings. The van der Waals surface area contributed by atoms with E-state index < -0.39 is 40.4 Å². The zero-order valence-corrected chi connectivity index (χ0v) is 21.7. The highest BCUT2D eigenvalue weighted by molar-refractivity contribution is 6.17. The molecule has 0 aromatic heterocycles. The van der Waals surface area contributed by atoms with E-state index in [2.05, 4.69) is 0 Å². The summed E-state index contributed by atoms with van der Waals surface area (Å²) in [7, 11) is 5.78. The number of esters is 2. The van der Waals surface area contributed by atoms with E-state index in [9.17, 15) is 14.4 Å². The van der Waals surface area contributed by atoms with E-state index >= 15 is 0 Å². The Morgan fingerprint density at radius 3 is 1.36 bits per heavy atom. The molecular weight excluding hydrogens is 460 g/mol. The molecule has 2 bridgehead atoms. The Morgan fingerprint density at radius 1 is 0.694 bits per heavy atom. The molecule has 0 N–H and O–H groups in total. The molecule has 7 nitrogen and oxygen atoms in total. The Hall–Kier alpha value is -3.35. The molecule has 0 aliphatic heterocycles. The third kappa shape index (κ3) is 3.59. The van der Waals surface area contributed by atoms with Crippen LogP contribution in [0.4, 0.5) is 0 Å². The zero-order valence-electron chi connectivity index (χ0n) is 21.7. The number of hydrogen-bond donors (Lipinski definition) is 0. The molecule has 2 aromatic carbocycles. The third-order valence-electron chi connectivity index (χ3n) is 8.31. The third-order valence-corrected chi connectivity index (χ3v) is 8.31. The summed E-state index contributed by atoms with van der Waals surface area (Å²) in [5.41, 5.74) is -1.38. The molecule has 0 heterocycles. The molecule has 0 spiro atoms. The van der Waals surface area contributed by atoms with E-state index in [4.69, 9.17) is 18.9 Å². The Labute approximate surface area is 212 Å². The molecule has 0 radical (unpaired) electrons. The highest BCUT2D eigenvalue weighted by Crippen LogP contribution is 2.67. The normalized spacial score (nSPS) is 31.3. The minimum atomic E-state index is -1.52. The molecule has 4 atom stereocenters. The largest absolute Gasteiger partial charge is 0.497 e. The topological polar surface area (TPSA) is 88.1 Å². The molecule has 4 unspecified atom stereocenters.